The van der Waals surface area contributed by atoms with E-state index in [1.807, 2.05) is 59.6 Å². The van der Waals surface area contributed by atoms with Crippen LogP contribution in [0.1, 0.15) is 154 Å². The van der Waals surface area contributed by atoms with E-state index in [0.717, 1.165) is 124 Å². The lowest BCUT2D eigenvalue weighted by Crippen LogP contribution is -2.27. The summed E-state index contributed by atoms with van der Waals surface area (Å²) >= 11 is 12.7. The van der Waals surface area contributed by atoms with Crippen LogP contribution in [0.4, 0.5) is 5.13 Å². The number of hydrazone groups is 1. The van der Waals surface area contributed by atoms with Crippen molar-refractivity contribution in [1.29, 1.82) is 0 Å². The Labute approximate surface area is 520 Å². The van der Waals surface area contributed by atoms with Gasteiger partial charge in [0.05, 0.1) is 80.7 Å². The minimum Gasteiger partial charge on any atom is -0.494 e. The Morgan fingerprint density at radius 1 is 0.570 bits per heavy atom. The van der Waals surface area contributed by atoms with Crippen molar-refractivity contribution in [2.45, 2.75) is 148 Å². The summed E-state index contributed by atoms with van der Waals surface area (Å²) in [5, 5.41) is 7.69. The molecule has 0 aliphatic heterocycles. The quantitative estimate of drug-likeness (QED) is 0.00684. The molecule has 4 aromatic carbocycles. The lowest BCUT2D eigenvalue weighted by atomic mass is 9.82. The fraction of sp³-hybridized carbons (Fsp3) is 0.545. The molecule has 0 N–H and O–H groups in total. The Morgan fingerprint density at radius 2 is 1.07 bits per heavy atom. The fourth-order valence-corrected chi connectivity index (χ4v) is 11.3. The van der Waals surface area contributed by atoms with E-state index in [2.05, 4.69) is 13.0 Å². The minimum absolute atomic E-state index is 0.170. The second-order valence-electron chi connectivity index (χ2n) is 21.9. The predicted octanol–water partition coefficient (Wildman–Crippen LogP) is 15.4. The molecule has 2 fully saturated rings. The number of carbonyl (C=O) groups excluding carboxylic acids is 4. The van der Waals surface area contributed by atoms with Crippen LogP contribution in [0.3, 0.4) is 0 Å². The number of halogens is 2. The van der Waals surface area contributed by atoms with Gasteiger partial charge in [-0.15, -0.1) is 23.2 Å². The second-order valence-corrected chi connectivity index (χ2v) is 23.7. The fourth-order valence-electron chi connectivity index (χ4n) is 10.0. The minimum atomic E-state index is -0.289. The van der Waals surface area contributed by atoms with E-state index in [0.29, 0.717) is 106 Å². The van der Waals surface area contributed by atoms with Crippen LogP contribution >= 0.6 is 34.5 Å². The highest BCUT2D eigenvalue weighted by Gasteiger charge is 2.30. The molecule has 0 spiro atoms. The van der Waals surface area contributed by atoms with Crippen molar-refractivity contribution in [3.8, 4) is 34.5 Å². The van der Waals surface area contributed by atoms with Crippen molar-refractivity contribution in [2.75, 3.05) is 63.0 Å². The van der Waals surface area contributed by atoms with Crippen LogP contribution in [-0.2, 0) is 38.4 Å². The number of para-hydroxylation sites is 1. The summed E-state index contributed by atoms with van der Waals surface area (Å²) < 4.78 is 34.9. The Morgan fingerprint density at radius 3 is 1.63 bits per heavy atom. The highest BCUT2D eigenvalue weighted by atomic mass is 35.5. The zero-order valence-corrected chi connectivity index (χ0v) is 52.0. The van der Waals surface area contributed by atoms with E-state index in [1.54, 1.807) is 47.9 Å². The molecule has 2 saturated carbocycles. The molecule has 0 bridgehead atoms. The lowest BCUT2D eigenvalue weighted by molar-refractivity contribution is -0.218. The number of benzene rings is 4. The van der Waals surface area contributed by atoms with Crippen LogP contribution in [0.15, 0.2) is 96.1 Å². The number of ether oxygens (including phenoxy) is 6. The van der Waals surface area contributed by atoms with Gasteiger partial charge in [-0.1, -0.05) is 49.7 Å². The standard InChI is InChI=1S/C66H85Cl2N3O14S/c1-2-3-4-11-40-71(66-70-59-16-9-10-17-61(59)86-66)69-46-53-45-58(83-65(75)52-24-18-49(19-25-52)47-80-84-57-32-28-55(29-33-57)77-42-13-6-8-15-44-79-63(73)37-39-68)34-35-60(53)85-81-48-50-20-22-51(23-21-50)64(74)82-56-30-26-54(27-31-56)76-41-12-5-7-14-43-78-62(72)36-38-67/h9-10,16-17,26-35,45-46,49-52H,2-8,11-15,18-25,36-44,47-48H2,1H3/b69-46+. The molecule has 86 heavy (non-hydrogen) atoms. The molecule has 20 heteroatoms. The number of hydrogen-bond acceptors (Lipinski definition) is 18. The van der Waals surface area contributed by atoms with Crippen LogP contribution in [0.5, 0.6) is 34.5 Å². The lowest BCUT2D eigenvalue weighted by Gasteiger charge is -2.27. The topological polar surface area (TPSA) is 189 Å². The van der Waals surface area contributed by atoms with Gasteiger partial charge in [-0.05, 0) is 200 Å². The first kappa shape index (κ1) is 67.3. The Kier molecular flexibility index (Phi) is 30.4. The maximum atomic E-state index is 13.7. The maximum absolute atomic E-state index is 13.7. The molecule has 2 aliphatic rings. The average Bonchev–Trinajstić information content (AvgIpc) is 3.96. The van der Waals surface area contributed by atoms with Crippen LogP contribution < -0.4 is 33.7 Å². The number of anilines is 1. The molecule has 468 valence electrons. The van der Waals surface area contributed by atoms with Crippen LogP contribution in [-0.4, -0.2) is 93.0 Å². The van der Waals surface area contributed by atoms with E-state index in [-0.39, 0.29) is 72.2 Å². The van der Waals surface area contributed by atoms with Crippen LogP contribution in [0.2, 0.25) is 0 Å². The van der Waals surface area contributed by atoms with E-state index < -0.39 is 0 Å². The molecule has 1 aromatic heterocycles. The van der Waals surface area contributed by atoms with Crippen molar-refractivity contribution >= 4 is 80.0 Å². The third-order valence-electron chi connectivity index (χ3n) is 15.1. The zero-order valence-electron chi connectivity index (χ0n) is 49.7. The molecule has 17 nitrogen and oxygen atoms in total. The van der Waals surface area contributed by atoms with Crippen LogP contribution in [0.25, 0.3) is 10.2 Å². The number of esters is 4. The summed E-state index contributed by atoms with van der Waals surface area (Å²) in [5.74, 6) is 2.70. The van der Waals surface area contributed by atoms with Gasteiger partial charge in [0, 0.05) is 23.9 Å². The van der Waals surface area contributed by atoms with E-state index in [9.17, 15) is 19.2 Å². The second kappa shape index (κ2) is 38.9. The Bertz CT molecular complexity index is 2770. The zero-order chi connectivity index (χ0) is 60.4. The van der Waals surface area contributed by atoms with Gasteiger partial charge in [-0.2, -0.15) is 14.9 Å². The number of alkyl halides is 2. The molecular formula is C66H85Cl2N3O14S. The largest absolute Gasteiger partial charge is 0.494 e. The number of unbranched alkanes of at least 4 members (excludes halogenated alkanes) is 9. The number of hydrogen-bond donors (Lipinski definition) is 0. The van der Waals surface area contributed by atoms with E-state index in [4.69, 9.17) is 81.3 Å². The molecule has 0 atom stereocenters. The summed E-state index contributed by atoms with van der Waals surface area (Å²) in [6.07, 6.45) is 19.4. The molecule has 0 radical (unpaired) electrons. The van der Waals surface area contributed by atoms with Gasteiger partial charge in [0.15, 0.2) is 11.5 Å². The van der Waals surface area contributed by atoms with Crippen molar-refractivity contribution in [2.24, 2.45) is 28.8 Å². The van der Waals surface area contributed by atoms with Gasteiger partial charge in [0.1, 0.15) is 23.0 Å². The summed E-state index contributed by atoms with van der Waals surface area (Å²) in [6, 6.07) is 27.7. The molecule has 7 rings (SSSR count). The van der Waals surface area contributed by atoms with Gasteiger partial charge in [0.2, 0.25) is 5.13 Å². The predicted molar refractivity (Wildman–Crippen MR) is 334 cm³/mol. The first-order valence-electron chi connectivity index (χ1n) is 30.9. The first-order chi connectivity index (χ1) is 42.2. The van der Waals surface area contributed by atoms with Gasteiger partial charge in [-0.3, -0.25) is 19.2 Å². The van der Waals surface area contributed by atoms with Gasteiger partial charge in [-0.25, -0.2) is 9.99 Å². The molecular weight excluding hydrogens is 1160 g/mol. The highest BCUT2D eigenvalue weighted by Crippen LogP contribution is 2.35. The maximum Gasteiger partial charge on any atom is 0.314 e. The van der Waals surface area contributed by atoms with E-state index >= 15 is 0 Å². The monoisotopic (exact) mass is 1250 g/mol. The molecule has 5 aromatic rings. The van der Waals surface area contributed by atoms with Crippen molar-refractivity contribution < 1.29 is 67.1 Å². The average molecular weight is 1250 g/mol. The van der Waals surface area contributed by atoms with Gasteiger partial charge < -0.3 is 38.2 Å². The normalized spacial score (nSPS) is 16.8. The Hall–Kier alpha value is -6.18. The van der Waals surface area contributed by atoms with Crippen molar-refractivity contribution in [1.82, 2.24) is 4.98 Å². The number of nitrogens with zero attached hydrogens (tertiary/aromatic N) is 3. The Balaban J connectivity index is 0.851. The van der Waals surface area contributed by atoms with Crippen LogP contribution in [0, 0.1) is 23.7 Å². The third-order valence-corrected chi connectivity index (χ3v) is 16.6. The molecule has 0 unspecified atom stereocenters. The van der Waals surface area contributed by atoms with Crippen molar-refractivity contribution in [3.05, 3.63) is 96.6 Å². The number of rotatable bonds is 40. The number of fused-ring (bicyclic) bond motifs is 1. The van der Waals surface area contributed by atoms with E-state index in [1.165, 1.54) is 0 Å². The first-order valence-corrected chi connectivity index (χ1v) is 32.8. The number of thiazole rings is 1. The summed E-state index contributed by atoms with van der Waals surface area (Å²) in [7, 11) is 0. The summed E-state index contributed by atoms with van der Waals surface area (Å²) in [4.78, 5) is 78.0. The molecule has 2 aliphatic carbocycles. The number of aromatic nitrogens is 1. The molecule has 1 heterocycles. The molecule has 0 saturated heterocycles. The number of carbonyl (C=O) groups is 4. The van der Waals surface area contributed by atoms with Gasteiger partial charge in [0.25, 0.3) is 0 Å². The highest BCUT2D eigenvalue weighted by molar-refractivity contribution is 7.22. The third kappa shape index (κ3) is 24.5. The summed E-state index contributed by atoms with van der Waals surface area (Å²) in [5.41, 5.74) is 1.48. The summed E-state index contributed by atoms with van der Waals surface area (Å²) in [6.45, 7) is 5.56. The van der Waals surface area contributed by atoms with Crippen molar-refractivity contribution in [3.63, 3.8) is 0 Å². The smallest absolute Gasteiger partial charge is 0.314 e. The van der Waals surface area contributed by atoms with Gasteiger partial charge >= 0.3 is 23.9 Å². The SMILES string of the molecule is CCCCCCN(/N=C/c1cc(OC(=O)C2CCC(COOc3ccc(OCCCCCCOC(=O)CCCl)cc3)CC2)ccc1OOCC1CCC(C(=O)Oc2ccc(OCCCCCCOC(=O)CCCl)cc2)CC1)c1nc2ccccc2s1. The molecule has 0 amide bonds.